The highest BCUT2D eigenvalue weighted by atomic mass is 16.6. The first-order valence-corrected chi connectivity index (χ1v) is 13.3. The molecule has 8 nitrogen and oxygen atoms in total. The molecule has 37 heavy (non-hydrogen) atoms. The number of fused-ring (bicyclic) bond motifs is 1. The van der Waals surface area contributed by atoms with Crippen molar-refractivity contribution in [2.24, 2.45) is 0 Å². The summed E-state index contributed by atoms with van der Waals surface area (Å²) in [5.41, 5.74) is 2.41. The number of carbonyl (C=O) groups is 1. The van der Waals surface area contributed by atoms with Gasteiger partial charge < -0.3 is 24.2 Å². The van der Waals surface area contributed by atoms with Crippen LogP contribution in [0.2, 0.25) is 0 Å². The van der Waals surface area contributed by atoms with E-state index in [1.165, 1.54) is 0 Å². The molecule has 2 fully saturated rings. The van der Waals surface area contributed by atoms with Gasteiger partial charge >= 0.3 is 6.09 Å². The van der Waals surface area contributed by atoms with Gasteiger partial charge in [0, 0.05) is 32.0 Å². The maximum atomic E-state index is 12.7. The Morgan fingerprint density at radius 3 is 2.57 bits per heavy atom. The molecule has 1 unspecified atom stereocenters. The fourth-order valence-electron chi connectivity index (χ4n) is 5.10. The minimum atomic E-state index is -0.521. The summed E-state index contributed by atoms with van der Waals surface area (Å²) in [5.74, 6) is 0.999. The number of aromatic nitrogens is 2. The number of phenolic OH excluding ortho intramolecular Hbond substituents is 1. The van der Waals surface area contributed by atoms with Crippen LogP contribution in [0, 0.1) is 0 Å². The van der Waals surface area contributed by atoms with Gasteiger partial charge in [-0.05, 0) is 82.3 Å². The van der Waals surface area contributed by atoms with Crippen molar-refractivity contribution in [1.29, 1.82) is 0 Å². The summed E-state index contributed by atoms with van der Waals surface area (Å²) >= 11 is 0. The molecule has 1 aliphatic heterocycles. The van der Waals surface area contributed by atoms with Gasteiger partial charge in [0.1, 0.15) is 23.2 Å². The molecule has 2 heterocycles. The molecule has 0 spiro atoms. The molecule has 1 atom stereocenters. The summed E-state index contributed by atoms with van der Waals surface area (Å²) < 4.78 is 20.1. The number of rotatable bonds is 6. The van der Waals surface area contributed by atoms with Crippen LogP contribution in [-0.2, 0) is 9.47 Å². The van der Waals surface area contributed by atoms with Crippen molar-refractivity contribution in [3.8, 4) is 22.6 Å². The van der Waals surface area contributed by atoms with Crippen molar-refractivity contribution < 1.29 is 24.1 Å². The molecule has 2 aromatic carbocycles. The van der Waals surface area contributed by atoms with Gasteiger partial charge in [0.25, 0.3) is 0 Å². The van der Waals surface area contributed by atoms with Crippen LogP contribution in [0.5, 0.6) is 11.5 Å². The minimum Gasteiger partial charge on any atom is -0.508 e. The lowest BCUT2D eigenvalue weighted by Crippen LogP contribution is -2.52. The van der Waals surface area contributed by atoms with Crippen molar-refractivity contribution in [3.05, 3.63) is 42.6 Å². The van der Waals surface area contributed by atoms with E-state index in [0.29, 0.717) is 6.54 Å². The molecule has 3 aromatic rings. The van der Waals surface area contributed by atoms with E-state index in [1.807, 2.05) is 56.8 Å². The Morgan fingerprint density at radius 1 is 1.16 bits per heavy atom. The average Bonchev–Trinajstić information content (AvgIpc) is 3.27. The van der Waals surface area contributed by atoms with Crippen molar-refractivity contribution in [3.63, 3.8) is 0 Å². The molecule has 5 rings (SSSR count). The molecule has 1 saturated heterocycles. The fraction of sp³-hybridized carbons (Fsp3) is 0.517. The second kappa shape index (κ2) is 10.2. The molecule has 0 radical (unpaired) electrons. The van der Waals surface area contributed by atoms with E-state index in [1.54, 1.807) is 17.0 Å². The largest absolute Gasteiger partial charge is 0.508 e. The first-order chi connectivity index (χ1) is 17.7. The van der Waals surface area contributed by atoms with Gasteiger partial charge in [-0.1, -0.05) is 12.1 Å². The molecule has 2 aliphatic rings. The van der Waals surface area contributed by atoms with Gasteiger partial charge in [-0.15, -0.1) is 0 Å². The molecule has 1 aliphatic carbocycles. The fourth-order valence-corrected chi connectivity index (χ4v) is 5.10. The number of benzene rings is 2. The van der Waals surface area contributed by atoms with Crippen LogP contribution in [0.1, 0.15) is 66.0 Å². The lowest BCUT2D eigenvalue weighted by molar-refractivity contribution is -0.0366. The molecule has 0 bridgehead atoms. The number of amides is 1. The molecule has 198 valence electrons. The van der Waals surface area contributed by atoms with Crippen molar-refractivity contribution in [1.82, 2.24) is 14.7 Å². The molecule has 1 aromatic heterocycles. The zero-order valence-corrected chi connectivity index (χ0v) is 22.1. The third kappa shape index (κ3) is 5.54. The number of nitrogens with zero attached hydrogens (tertiary/aromatic N) is 3. The SMILES string of the molecule is CCN(C(=O)OC(C)(C)C)[C@H]1C[C@@H](Oc2cc(-c3ccc(O)cc3)cc3c2cnn3C2CCCCO2)C1. The van der Waals surface area contributed by atoms with Crippen LogP contribution < -0.4 is 4.74 Å². The lowest BCUT2D eigenvalue weighted by Gasteiger charge is -2.42. The van der Waals surface area contributed by atoms with Gasteiger partial charge in [0.05, 0.1) is 17.1 Å². The standard InChI is InChI=1S/C29H37N3O5/c1-5-31(28(34)37-29(2,3)4)21-16-23(17-21)36-26-15-20(19-9-11-22(33)12-10-19)14-25-24(26)18-30-32(25)27-8-6-7-13-35-27/h9-12,14-15,18,21,23,27,33H,5-8,13,16-17H2,1-4H3/t21-,23+,27?. The average molecular weight is 508 g/mol. The first-order valence-electron chi connectivity index (χ1n) is 13.3. The number of ether oxygens (including phenoxy) is 3. The third-order valence-corrected chi connectivity index (χ3v) is 7.08. The first kappa shape index (κ1) is 25.4. The van der Waals surface area contributed by atoms with E-state index in [9.17, 15) is 9.90 Å². The van der Waals surface area contributed by atoms with E-state index in [4.69, 9.17) is 19.3 Å². The van der Waals surface area contributed by atoms with Gasteiger partial charge in [-0.3, -0.25) is 0 Å². The van der Waals surface area contributed by atoms with E-state index >= 15 is 0 Å². The minimum absolute atomic E-state index is 0.00552. The molecule has 1 saturated carbocycles. The third-order valence-electron chi connectivity index (χ3n) is 7.08. The lowest BCUT2D eigenvalue weighted by atomic mass is 9.88. The highest BCUT2D eigenvalue weighted by molar-refractivity contribution is 5.90. The Morgan fingerprint density at radius 2 is 1.92 bits per heavy atom. The summed E-state index contributed by atoms with van der Waals surface area (Å²) in [6, 6.07) is 11.4. The number of phenols is 1. The Hall–Kier alpha value is -3.26. The summed E-state index contributed by atoms with van der Waals surface area (Å²) in [7, 11) is 0. The van der Waals surface area contributed by atoms with Gasteiger partial charge in [0.15, 0.2) is 6.23 Å². The van der Waals surface area contributed by atoms with Crippen LogP contribution >= 0.6 is 0 Å². The van der Waals surface area contributed by atoms with Crippen molar-refractivity contribution in [2.75, 3.05) is 13.2 Å². The predicted octanol–water partition coefficient (Wildman–Crippen LogP) is 6.27. The van der Waals surface area contributed by atoms with Gasteiger partial charge in [0.2, 0.25) is 0 Å². The van der Waals surface area contributed by atoms with Crippen LogP contribution in [0.15, 0.2) is 42.6 Å². The molecule has 8 heteroatoms. The maximum absolute atomic E-state index is 12.7. The topological polar surface area (TPSA) is 86.0 Å². The monoisotopic (exact) mass is 507 g/mol. The summed E-state index contributed by atoms with van der Waals surface area (Å²) in [6.07, 6.45) is 6.10. The van der Waals surface area contributed by atoms with E-state index in [0.717, 1.165) is 66.5 Å². The smallest absolute Gasteiger partial charge is 0.410 e. The highest BCUT2D eigenvalue weighted by Gasteiger charge is 2.39. The van der Waals surface area contributed by atoms with Crippen molar-refractivity contribution in [2.45, 2.75) is 83.8 Å². The number of aromatic hydroxyl groups is 1. The number of carbonyl (C=O) groups excluding carboxylic acids is 1. The Kier molecular flexibility index (Phi) is 7.03. The zero-order valence-electron chi connectivity index (χ0n) is 22.1. The van der Waals surface area contributed by atoms with E-state index in [-0.39, 0.29) is 30.2 Å². The summed E-state index contributed by atoms with van der Waals surface area (Å²) in [4.78, 5) is 14.5. The Bertz CT molecular complexity index is 1230. The molecular formula is C29H37N3O5. The quantitative estimate of drug-likeness (QED) is 0.423. The van der Waals surface area contributed by atoms with Crippen LogP contribution in [0.4, 0.5) is 4.79 Å². The molecule has 1 amide bonds. The maximum Gasteiger partial charge on any atom is 0.410 e. The second-order valence-corrected chi connectivity index (χ2v) is 11.0. The summed E-state index contributed by atoms with van der Waals surface area (Å²) in [6.45, 7) is 8.97. The second-order valence-electron chi connectivity index (χ2n) is 11.0. The van der Waals surface area contributed by atoms with Gasteiger partial charge in [-0.25, -0.2) is 9.48 Å². The van der Waals surface area contributed by atoms with Crippen LogP contribution in [0.25, 0.3) is 22.0 Å². The number of hydrogen-bond donors (Lipinski definition) is 1. The normalized spacial score (nSPS) is 21.9. The van der Waals surface area contributed by atoms with Crippen LogP contribution in [0.3, 0.4) is 0 Å². The van der Waals surface area contributed by atoms with E-state index in [2.05, 4.69) is 6.07 Å². The molecular weight excluding hydrogens is 470 g/mol. The summed E-state index contributed by atoms with van der Waals surface area (Å²) in [5, 5.41) is 15.4. The predicted molar refractivity (Wildman–Crippen MR) is 142 cm³/mol. The van der Waals surface area contributed by atoms with E-state index < -0.39 is 5.60 Å². The number of hydrogen-bond acceptors (Lipinski definition) is 6. The molecule has 1 N–H and O–H groups in total. The highest BCUT2D eigenvalue weighted by Crippen LogP contribution is 2.39. The van der Waals surface area contributed by atoms with Gasteiger partial charge in [-0.2, -0.15) is 5.10 Å². The Balaban J connectivity index is 1.39. The van der Waals surface area contributed by atoms with Crippen LogP contribution in [-0.4, -0.2) is 56.8 Å². The Labute approximate surface area is 218 Å². The van der Waals surface area contributed by atoms with Crippen molar-refractivity contribution >= 4 is 17.0 Å². The zero-order chi connectivity index (χ0) is 26.2.